The molecule has 3 rings (SSSR count). The Bertz CT molecular complexity index is 855. The van der Waals surface area contributed by atoms with Gasteiger partial charge in [0.1, 0.15) is 0 Å². The number of aromatic amines is 1. The summed E-state index contributed by atoms with van der Waals surface area (Å²) in [6.07, 6.45) is 2.00. The second-order valence-electron chi connectivity index (χ2n) is 3.96. The molecule has 0 aliphatic heterocycles. The molecular formula is C12H8N4O3S. The molecule has 1 amide bonds. The van der Waals surface area contributed by atoms with Gasteiger partial charge in [-0.1, -0.05) is 17.4 Å². The molecule has 100 valence electrons. The van der Waals surface area contributed by atoms with Crippen LogP contribution >= 0.6 is 11.3 Å². The number of H-pyrrole nitrogens is 1. The number of fused-ring (bicyclic) bond motifs is 1. The average molecular weight is 288 g/mol. The first-order valence-corrected chi connectivity index (χ1v) is 6.39. The third kappa shape index (κ3) is 2.24. The molecule has 0 fully saturated rings. The van der Waals surface area contributed by atoms with Gasteiger partial charge in [0.25, 0.3) is 5.56 Å². The summed E-state index contributed by atoms with van der Waals surface area (Å²) in [6, 6.07) is 5.31. The van der Waals surface area contributed by atoms with E-state index in [0.29, 0.717) is 15.9 Å². The van der Waals surface area contributed by atoms with Crippen molar-refractivity contribution < 1.29 is 9.90 Å². The molecule has 20 heavy (non-hydrogen) atoms. The highest BCUT2D eigenvalue weighted by Gasteiger charge is 2.08. The van der Waals surface area contributed by atoms with E-state index < -0.39 is 6.09 Å². The fourth-order valence-corrected chi connectivity index (χ4v) is 2.61. The van der Waals surface area contributed by atoms with Crippen LogP contribution in [-0.4, -0.2) is 26.4 Å². The number of thiazole rings is 1. The van der Waals surface area contributed by atoms with E-state index in [1.807, 2.05) is 6.07 Å². The molecule has 0 saturated heterocycles. The van der Waals surface area contributed by atoms with Crippen molar-refractivity contribution in [3.8, 4) is 10.4 Å². The van der Waals surface area contributed by atoms with Gasteiger partial charge in [0.05, 0.1) is 16.5 Å². The Balaban J connectivity index is 2.04. The standard InChI is InChI=1S/C12H8N4O3S/c17-10-8-2-1-6(3-7(8)4-14-16-10)9-5-13-11(20-9)15-12(18)19/h1-5H,(H,13,15)(H,16,17)(H,18,19). The van der Waals surface area contributed by atoms with Gasteiger partial charge in [-0.3, -0.25) is 10.1 Å². The molecule has 0 aliphatic carbocycles. The third-order valence-electron chi connectivity index (χ3n) is 2.67. The van der Waals surface area contributed by atoms with Gasteiger partial charge >= 0.3 is 6.09 Å². The monoisotopic (exact) mass is 288 g/mol. The first kappa shape index (κ1) is 12.3. The van der Waals surface area contributed by atoms with Gasteiger partial charge in [-0.15, -0.1) is 0 Å². The molecule has 3 N–H and O–H groups in total. The van der Waals surface area contributed by atoms with Gasteiger partial charge in [0.15, 0.2) is 5.13 Å². The van der Waals surface area contributed by atoms with Crippen LogP contribution in [0.3, 0.4) is 0 Å². The molecule has 2 heterocycles. The van der Waals surface area contributed by atoms with Gasteiger partial charge in [-0.2, -0.15) is 5.10 Å². The van der Waals surface area contributed by atoms with Crippen LogP contribution in [0.4, 0.5) is 9.93 Å². The van der Waals surface area contributed by atoms with E-state index in [1.54, 1.807) is 24.5 Å². The lowest BCUT2D eigenvalue weighted by Gasteiger charge is -1.99. The zero-order valence-electron chi connectivity index (χ0n) is 9.95. The van der Waals surface area contributed by atoms with Crippen LogP contribution < -0.4 is 10.9 Å². The minimum Gasteiger partial charge on any atom is -0.465 e. The summed E-state index contributed by atoms with van der Waals surface area (Å²) in [4.78, 5) is 26.9. The van der Waals surface area contributed by atoms with Gasteiger partial charge in [-0.05, 0) is 17.7 Å². The zero-order chi connectivity index (χ0) is 14.1. The predicted molar refractivity (Wildman–Crippen MR) is 75.1 cm³/mol. The normalized spacial score (nSPS) is 10.6. The molecular weight excluding hydrogens is 280 g/mol. The van der Waals surface area contributed by atoms with E-state index in [1.165, 1.54) is 11.3 Å². The van der Waals surface area contributed by atoms with Gasteiger partial charge in [0.2, 0.25) is 0 Å². The molecule has 0 atom stereocenters. The Morgan fingerprint density at radius 2 is 2.20 bits per heavy atom. The van der Waals surface area contributed by atoms with Crippen LogP contribution in [0.2, 0.25) is 0 Å². The lowest BCUT2D eigenvalue weighted by atomic mass is 10.1. The quantitative estimate of drug-likeness (QED) is 0.669. The Morgan fingerprint density at radius 3 is 3.00 bits per heavy atom. The maximum Gasteiger partial charge on any atom is 0.410 e. The van der Waals surface area contributed by atoms with Crippen LogP contribution in [0.5, 0.6) is 0 Å². The second kappa shape index (κ2) is 4.74. The highest BCUT2D eigenvalue weighted by molar-refractivity contribution is 7.19. The molecule has 0 radical (unpaired) electrons. The SMILES string of the molecule is O=C(O)Nc1ncc(-c2ccc3c(=O)[nH]ncc3c2)s1. The fraction of sp³-hybridized carbons (Fsp3) is 0. The number of amides is 1. The van der Waals surface area contributed by atoms with Crippen molar-refractivity contribution in [2.75, 3.05) is 5.32 Å². The first-order chi connectivity index (χ1) is 9.63. The number of carbonyl (C=O) groups is 1. The highest BCUT2D eigenvalue weighted by Crippen LogP contribution is 2.30. The number of nitrogens with zero attached hydrogens (tertiary/aromatic N) is 2. The highest BCUT2D eigenvalue weighted by atomic mass is 32.1. The third-order valence-corrected chi connectivity index (χ3v) is 3.63. The lowest BCUT2D eigenvalue weighted by molar-refractivity contribution is 0.209. The Morgan fingerprint density at radius 1 is 1.35 bits per heavy atom. The number of carboxylic acid groups (broad SMARTS) is 1. The molecule has 7 nitrogen and oxygen atoms in total. The maximum absolute atomic E-state index is 11.5. The van der Waals surface area contributed by atoms with Crippen molar-refractivity contribution in [1.29, 1.82) is 0 Å². The van der Waals surface area contributed by atoms with Crippen molar-refractivity contribution in [1.82, 2.24) is 15.2 Å². The van der Waals surface area contributed by atoms with Crippen LogP contribution in [0.1, 0.15) is 0 Å². The first-order valence-electron chi connectivity index (χ1n) is 5.57. The maximum atomic E-state index is 11.5. The summed E-state index contributed by atoms with van der Waals surface area (Å²) in [5.74, 6) is 0. The molecule has 1 aromatic carbocycles. The van der Waals surface area contributed by atoms with Crippen molar-refractivity contribution in [3.05, 3.63) is 40.9 Å². The number of hydrogen-bond donors (Lipinski definition) is 3. The van der Waals surface area contributed by atoms with Gasteiger partial charge in [-0.25, -0.2) is 14.9 Å². The summed E-state index contributed by atoms with van der Waals surface area (Å²) >= 11 is 1.22. The Hall–Kier alpha value is -2.74. The number of rotatable bonds is 2. The number of benzene rings is 1. The average Bonchev–Trinajstić information content (AvgIpc) is 2.86. The van der Waals surface area contributed by atoms with Crippen molar-refractivity contribution in [3.63, 3.8) is 0 Å². The lowest BCUT2D eigenvalue weighted by Crippen LogP contribution is -2.06. The molecule has 8 heteroatoms. The molecule has 2 aromatic heterocycles. The fourth-order valence-electron chi connectivity index (χ4n) is 1.81. The van der Waals surface area contributed by atoms with E-state index in [9.17, 15) is 9.59 Å². The van der Waals surface area contributed by atoms with E-state index in [4.69, 9.17) is 5.11 Å². The molecule has 0 spiro atoms. The van der Waals surface area contributed by atoms with Gasteiger partial charge in [0, 0.05) is 11.6 Å². The summed E-state index contributed by atoms with van der Waals surface area (Å²) < 4.78 is 0. The number of anilines is 1. The van der Waals surface area contributed by atoms with Crippen LogP contribution in [0.25, 0.3) is 21.2 Å². The number of nitrogens with one attached hydrogen (secondary N) is 2. The second-order valence-corrected chi connectivity index (χ2v) is 4.99. The largest absolute Gasteiger partial charge is 0.465 e. The molecule has 0 saturated carbocycles. The number of hydrogen-bond acceptors (Lipinski definition) is 5. The van der Waals surface area contributed by atoms with Gasteiger partial charge < -0.3 is 5.11 Å². The Kier molecular flexibility index (Phi) is 2.92. The smallest absolute Gasteiger partial charge is 0.410 e. The van der Waals surface area contributed by atoms with Crippen molar-refractivity contribution in [2.24, 2.45) is 0 Å². The van der Waals surface area contributed by atoms with Crippen LogP contribution in [0, 0.1) is 0 Å². The summed E-state index contributed by atoms with van der Waals surface area (Å²) in [5, 5.41) is 18.5. The summed E-state index contributed by atoms with van der Waals surface area (Å²) in [6.45, 7) is 0. The molecule has 0 unspecified atom stereocenters. The minimum absolute atomic E-state index is 0.244. The van der Waals surface area contributed by atoms with Crippen molar-refractivity contribution >= 4 is 33.3 Å². The van der Waals surface area contributed by atoms with E-state index in [-0.39, 0.29) is 5.56 Å². The molecule has 3 aromatic rings. The zero-order valence-corrected chi connectivity index (χ0v) is 10.8. The van der Waals surface area contributed by atoms with E-state index in [0.717, 1.165) is 10.4 Å². The van der Waals surface area contributed by atoms with Crippen molar-refractivity contribution in [2.45, 2.75) is 0 Å². The predicted octanol–water partition coefficient (Wildman–Crippen LogP) is 2.14. The van der Waals surface area contributed by atoms with E-state index in [2.05, 4.69) is 20.5 Å². The topological polar surface area (TPSA) is 108 Å². The summed E-state index contributed by atoms with van der Waals surface area (Å²) in [5.41, 5.74) is 0.604. The Labute approximate surface area is 115 Å². The van der Waals surface area contributed by atoms with Crippen LogP contribution in [0.15, 0.2) is 35.4 Å². The molecule has 0 aliphatic rings. The number of aromatic nitrogens is 3. The van der Waals surface area contributed by atoms with E-state index >= 15 is 0 Å². The minimum atomic E-state index is -1.15. The summed E-state index contributed by atoms with van der Waals surface area (Å²) in [7, 11) is 0. The molecule has 0 bridgehead atoms. The van der Waals surface area contributed by atoms with Crippen LogP contribution in [-0.2, 0) is 0 Å².